The zero-order valence-corrected chi connectivity index (χ0v) is 18.8. The number of hydrogen-bond donors (Lipinski definition) is 0. The van der Waals surface area contributed by atoms with Crippen molar-refractivity contribution >= 4 is 11.1 Å². The second kappa shape index (κ2) is 10.4. The SMILES string of the molecule is N#CC(C#N)=c1c(-c2cnc(F)c(F)c2)c(C(F)(F)F)c(=C(C#N)C#N)c(-c2cnc(F)c(F)c2)c1C(F)(F)F. The average Bonchev–Trinajstić information content (AvgIpc) is 2.87. The lowest BCUT2D eigenvalue weighted by molar-refractivity contribution is -0.141. The van der Waals surface area contributed by atoms with Crippen LogP contribution in [-0.2, 0) is 12.4 Å². The molecule has 1 aromatic carbocycles. The third-order valence-corrected chi connectivity index (χ3v) is 5.18. The molecular weight excluding hydrogens is 562 g/mol. The first-order valence-corrected chi connectivity index (χ1v) is 9.98. The van der Waals surface area contributed by atoms with E-state index in [1.165, 1.54) is 0 Å². The molecule has 6 nitrogen and oxygen atoms in total. The molecule has 16 heteroatoms. The summed E-state index contributed by atoms with van der Waals surface area (Å²) in [6.45, 7) is 0. The molecule has 2 aromatic heterocycles. The molecule has 0 unspecified atom stereocenters. The molecule has 0 N–H and O–H groups in total. The summed E-state index contributed by atoms with van der Waals surface area (Å²) in [6, 6.07) is 3.89. The Morgan fingerprint density at radius 3 is 1.10 bits per heavy atom. The number of nitrogens with zero attached hydrogens (tertiary/aromatic N) is 6. The van der Waals surface area contributed by atoms with Gasteiger partial charge in [-0.2, -0.15) is 56.2 Å². The van der Waals surface area contributed by atoms with Gasteiger partial charge in [0.25, 0.3) is 0 Å². The van der Waals surface area contributed by atoms with Crippen molar-refractivity contribution in [2.24, 2.45) is 0 Å². The van der Waals surface area contributed by atoms with E-state index in [0.717, 1.165) is 24.3 Å². The van der Waals surface area contributed by atoms with Crippen LogP contribution in [0.25, 0.3) is 33.4 Å². The summed E-state index contributed by atoms with van der Waals surface area (Å²) < 4.78 is 143. The molecule has 0 fully saturated rings. The molecule has 0 amide bonds. The van der Waals surface area contributed by atoms with Crippen molar-refractivity contribution in [2.75, 3.05) is 0 Å². The maximum atomic E-state index is 14.7. The Labute approximate surface area is 215 Å². The molecule has 0 saturated carbocycles. The van der Waals surface area contributed by atoms with E-state index in [0.29, 0.717) is 0 Å². The largest absolute Gasteiger partial charge is 0.417 e. The van der Waals surface area contributed by atoms with Crippen LogP contribution >= 0.6 is 0 Å². The molecule has 0 aliphatic rings. The fourth-order valence-electron chi connectivity index (χ4n) is 3.78. The van der Waals surface area contributed by atoms with Crippen LogP contribution in [0, 0.1) is 68.9 Å². The number of hydrogen-bond acceptors (Lipinski definition) is 6. The van der Waals surface area contributed by atoms with Gasteiger partial charge < -0.3 is 0 Å². The highest BCUT2D eigenvalue weighted by atomic mass is 19.4. The summed E-state index contributed by atoms with van der Waals surface area (Å²) in [5, 5.41) is 33.9. The van der Waals surface area contributed by atoms with Crippen molar-refractivity contribution in [1.82, 2.24) is 9.97 Å². The summed E-state index contributed by atoms with van der Waals surface area (Å²) in [5.74, 6) is -7.68. The van der Waals surface area contributed by atoms with E-state index in [9.17, 15) is 65.0 Å². The average molecular weight is 566 g/mol. The van der Waals surface area contributed by atoms with Crippen LogP contribution in [0.2, 0.25) is 0 Å². The number of aromatic nitrogens is 2. The molecule has 0 aliphatic carbocycles. The van der Waals surface area contributed by atoms with Crippen LogP contribution in [0.3, 0.4) is 0 Å². The summed E-state index contributed by atoms with van der Waals surface area (Å²) in [6.07, 6.45) is -11.4. The highest BCUT2D eigenvalue weighted by Gasteiger charge is 2.45. The van der Waals surface area contributed by atoms with Gasteiger partial charge in [-0.05, 0) is 12.1 Å². The predicted octanol–water partition coefficient (Wildman–Crippen LogP) is 4.80. The normalized spacial score (nSPS) is 11.2. The molecule has 3 aromatic rings. The zero-order chi connectivity index (χ0) is 30.2. The van der Waals surface area contributed by atoms with E-state index in [2.05, 4.69) is 9.97 Å². The fraction of sp³-hybridized carbons (Fsp3) is 0.0833. The Hall–Kier alpha value is -5.48. The highest BCUT2D eigenvalue weighted by molar-refractivity contribution is 5.89. The first-order chi connectivity index (χ1) is 18.6. The number of benzene rings is 1. The Bertz CT molecular complexity index is 1690. The van der Waals surface area contributed by atoms with Crippen molar-refractivity contribution in [1.29, 1.82) is 21.0 Å². The van der Waals surface area contributed by atoms with Crippen molar-refractivity contribution < 1.29 is 43.9 Å². The molecule has 3 rings (SSSR count). The first-order valence-electron chi connectivity index (χ1n) is 9.98. The number of pyridine rings is 2. The van der Waals surface area contributed by atoms with Gasteiger partial charge in [0, 0.05) is 45.1 Å². The maximum absolute atomic E-state index is 14.7. The molecule has 0 aliphatic heterocycles. The van der Waals surface area contributed by atoms with Crippen LogP contribution in [0.15, 0.2) is 24.5 Å². The molecule has 200 valence electrons. The Morgan fingerprint density at radius 2 is 0.875 bits per heavy atom. The first kappa shape index (κ1) is 29.1. The lowest BCUT2D eigenvalue weighted by Crippen LogP contribution is -2.36. The van der Waals surface area contributed by atoms with Gasteiger partial charge in [-0.25, -0.2) is 18.7 Å². The topological polar surface area (TPSA) is 121 Å². The van der Waals surface area contributed by atoms with Crippen LogP contribution in [0.1, 0.15) is 11.1 Å². The Kier molecular flexibility index (Phi) is 7.53. The van der Waals surface area contributed by atoms with E-state index < -0.39 is 90.8 Å². The van der Waals surface area contributed by atoms with Gasteiger partial charge in [0.15, 0.2) is 11.6 Å². The molecular formula is C24H4F10N6. The van der Waals surface area contributed by atoms with Gasteiger partial charge in [0.2, 0.25) is 11.9 Å². The van der Waals surface area contributed by atoms with Crippen LogP contribution < -0.4 is 10.4 Å². The third-order valence-electron chi connectivity index (χ3n) is 5.18. The Balaban J connectivity index is 3.08. The van der Waals surface area contributed by atoms with E-state index >= 15 is 0 Å². The number of halogens is 10. The van der Waals surface area contributed by atoms with E-state index in [1.807, 2.05) is 0 Å². The van der Waals surface area contributed by atoms with Gasteiger partial charge in [0.1, 0.15) is 35.4 Å². The summed E-state index contributed by atoms with van der Waals surface area (Å²) in [7, 11) is 0. The number of alkyl halides is 6. The molecule has 40 heavy (non-hydrogen) atoms. The minimum absolute atomic E-state index is 0.0239. The molecule has 0 radical (unpaired) electrons. The van der Waals surface area contributed by atoms with Gasteiger partial charge in [-0.1, -0.05) is 0 Å². The van der Waals surface area contributed by atoms with Crippen molar-refractivity contribution in [3.05, 3.63) is 69.6 Å². The standard InChI is InChI=1S/C24H4F10N6/c25-13-1-9(7-39-21(13)27)15-17(11(3-35)4-36)20(24(32,33)34)16(10-2-14(26)22(28)40-8-10)18(12(5-37)6-38)19(15)23(29,30)31/h1-2,7-8H. The Morgan fingerprint density at radius 1 is 0.575 bits per heavy atom. The molecule has 2 heterocycles. The van der Waals surface area contributed by atoms with E-state index in [-0.39, 0.29) is 24.5 Å². The lowest BCUT2D eigenvalue weighted by Gasteiger charge is -2.23. The van der Waals surface area contributed by atoms with E-state index in [4.69, 9.17) is 0 Å². The fourth-order valence-corrected chi connectivity index (χ4v) is 3.78. The second-order valence-corrected chi connectivity index (χ2v) is 7.44. The maximum Gasteiger partial charge on any atom is 0.417 e. The second-order valence-electron chi connectivity index (χ2n) is 7.44. The number of nitriles is 4. The van der Waals surface area contributed by atoms with E-state index in [1.54, 1.807) is 0 Å². The molecule has 0 atom stereocenters. The van der Waals surface area contributed by atoms with Gasteiger partial charge in [0.05, 0.1) is 11.1 Å². The van der Waals surface area contributed by atoms with Crippen LogP contribution in [0.4, 0.5) is 43.9 Å². The summed E-state index contributed by atoms with van der Waals surface area (Å²) in [5.41, 5.74) is -13.9. The molecule has 0 saturated heterocycles. The smallest absolute Gasteiger partial charge is 0.225 e. The van der Waals surface area contributed by atoms with Gasteiger partial charge >= 0.3 is 12.4 Å². The monoisotopic (exact) mass is 566 g/mol. The minimum Gasteiger partial charge on any atom is -0.225 e. The van der Waals surface area contributed by atoms with Crippen molar-refractivity contribution in [3.63, 3.8) is 0 Å². The minimum atomic E-state index is -5.86. The lowest BCUT2D eigenvalue weighted by atomic mass is 9.83. The summed E-state index contributed by atoms with van der Waals surface area (Å²) in [4.78, 5) is 5.67. The van der Waals surface area contributed by atoms with Gasteiger partial charge in [-0.3, -0.25) is 0 Å². The zero-order valence-electron chi connectivity index (χ0n) is 18.8. The summed E-state index contributed by atoms with van der Waals surface area (Å²) >= 11 is 0. The van der Waals surface area contributed by atoms with Gasteiger partial charge in [-0.15, -0.1) is 0 Å². The third kappa shape index (κ3) is 4.98. The molecule has 0 spiro atoms. The van der Waals surface area contributed by atoms with Crippen LogP contribution in [0.5, 0.6) is 0 Å². The van der Waals surface area contributed by atoms with Crippen molar-refractivity contribution in [3.8, 4) is 46.5 Å². The molecule has 0 bridgehead atoms. The quantitative estimate of drug-likeness (QED) is 0.325. The van der Waals surface area contributed by atoms with Crippen molar-refractivity contribution in [2.45, 2.75) is 12.4 Å². The number of rotatable bonds is 2. The highest BCUT2D eigenvalue weighted by Crippen LogP contribution is 2.41. The van der Waals surface area contributed by atoms with Crippen LogP contribution in [-0.4, -0.2) is 9.97 Å². The predicted molar refractivity (Wildman–Crippen MR) is 111 cm³/mol.